The highest BCUT2D eigenvalue weighted by Crippen LogP contribution is 2.31. The summed E-state index contributed by atoms with van der Waals surface area (Å²) in [5.41, 5.74) is 7.83. The largest absolute Gasteiger partial charge is 0.398 e. The Hall–Kier alpha value is -0.830. The molecule has 0 radical (unpaired) electrons. The third kappa shape index (κ3) is 3.63. The van der Waals surface area contributed by atoms with Crippen molar-refractivity contribution in [1.82, 2.24) is 0 Å². The molecule has 88 valence electrons. The molecule has 0 aliphatic carbocycles. The van der Waals surface area contributed by atoms with Gasteiger partial charge in [-0.15, -0.1) is 0 Å². The number of carbonyl (C=O) groups excluding carboxylic acids is 1. The zero-order valence-electron chi connectivity index (χ0n) is 9.58. The van der Waals surface area contributed by atoms with E-state index >= 15 is 0 Å². The van der Waals surface area contributed by atoms with Crippen molar-refractivity contribution in [3.8, 4) is 0 Å². The standard InChI is InChI=1S/C13H18BrNO/c1-2-3-4-10(7-8-16)12-9-11(14)5-6-13(12)15/h5-6,8-10H,2-4,7,15H2,1H3. The van der Waals surface area contributed by atoms with Crippen LogP contribution in [0.5, 0.6) is 0 Å². The van der Waals surface area contributed by atoms with Crippen LogP contribution in [-0.2, 0) is 4.79 Å². The molecular weight excluding hydrogens is 266 g/mol. The van der Waals surface area contributed by atoms with Crippen LogP contribution in [-0.4, -0.2) is 6.29 Å². The topological polar surface area (TPSA) is 43.1 Å². The maximum Gasteiger partial charge on any atom is 0.120 e. The minimum Gasteiger partial charge on any atom is -0.398 e. The van der Waals surface area contributed by atoms with Gasteiger partial charge in [0.1, 0.15) is 6.29 Å². The van der Waals surface area contributed by atoms with Gasteiger partial charge in [-0.25, -0.2) is 0 Å². The molecule has 0 amide bonds. The maximum atomic E-state index is 10.7. The number of unbranched alkanes of at least 4 members (excludes halogenated alkanes) is 1. The van der Waals surface area contributed by atoms with Gasteiger partial charge in [0.15, 0.2) is 0 Å². The van der Waals surface area contributed by atoms with Crippen LogP contribution in [0, 0.1) is 0 Å². The van der Waals surface area contributed by atoms with Gasteiger partial charge in [0.05, 0.1) is 0 Å². The molecule has 1 unspecified atom stereocenters. The van der Waals surface area contributed by atoms with Crippen LogP contribution in [0.3, 0.4) is 0 Å². The van der Waals surface area contributed by atoms with E-state index in [1.165, 1.54) is 0 Å². The molecule has 0 saturated heterocycles. The molecule has 1 aromatic carbocycles. The Morgan fingerprint density at radius 2 is 2.25 bits per heavy atom. The highest BCUT2D eigenvalue weighted by Gasteiger charge is 2.13. The number of rotatable bonds is 6. The molecule has 2 nitrogen and oxygen atoms in total. The third-order valence-electron chi connectivity index (χ3n) is 2.78. The van der Waals surface area contributed by atoms with Crippen molar-refractivity contribution in [1.29, 1.82) is 0 Å². The Labute approximate surface area is 105 Å². The Balaban J connectivity index is 2.90. The predicted octanol–water partition coefficient (Wildman–Crippen LogP) is 3.89. The van der Waals surface area contributed by atoms with Crippen molar-refractivity contribution in [2.75, 3.05) is 5.73 Å². The highest BCUT2D eigenvalue weighted by molar-refractivity contribution is 9.10. The summed E-state index contributed by atoms with van der Waals surface area (Å²) in [5.74, 6) is 0.259. The molecule has 0 spiro atoms. The zero-order chi connectivity index (χ0) is 12.0. The normalized spacial score (nSPS) is 12.4. The molecule has 0 heterocycles. The van der Waals surface area contributed by atoms with Gasteiger partial charge in [0.2, 0.25) is 0 Å². The first-order valence-corrected chi connectivity index (χ1v) is 6.46. The molecule has 16 heavy (non-hydrogen) atoms. The Morgan fingerprint density at radius 3 is 2.88 bits per heavy atom. The molecule has 0 aromatic heterocycles. The van der Waals surface area contributed by atoms with Gasteiger partial charge in [-0.05, 0) is 36.1 Å². The summed E-state index contributed by atoms with van der Waals surface area (Å²) in [7, 11) is 0. The van der Waals surface area contributed by atoms with Gasteiger partial charge in [-0.3, -0.25) is 0 Å². The van der Waals surface area contributed by atoms with Crippen molar-refractivity contribution in [2.45, 2.75) is 38.5 Å². The lowest BCUT2D eigenvalue weighted by molar-refractivity contribution is -0.108. The smallest absolute Gasteiger partial charge is 0.120 e. The lowest BCUT2D eigenvalue weighted by Gasteiger charge is -2.16. The number of hydrogen-bond acceptors (Lipinski definition) is 2. The van der Waals surface area contributed by atoms with E-state index < -0.39 is 0 Å². The van der Waals surface area contributed by atoms with E-state index in [2.05, 4.69) is 22.9 Å². The molecule has 0 aliphatic rings. The van der Waals surface area contributed by atoms with Crippen molar-refractivity contribution in [2.24, 2.45) is 0 Å². The molecule has 0 saturated carbocycles. The van der Waals surface area contributed by atoms with E-state index in [0.29, 0.717) is 6.42 Å². The van der Waals surface area contributed by atoms with Gasteiger partial charge >= 0.3 is 0 Å². The number of hydrogen-bond donors (Lipinski definition) is 1. The monoisotopic (exact) mass is 283 g/mol. The maximum absolute atomic E-state index is 10.7. The van der Waals surface area contributed by atoms with Gasteiger partial charge < -0.3 is 10.5 Å². The fourth-order valence-corrected chi connectivity index (χ4v) is 2.24. The van der Waals surface area contributed by atoms with E-state index in [1.54, 1.807) is 0 Å². The summed E-state index contributed by atoms with van der Waals surface area (Å²) in [6.45, 7) is 2.15. The number of aldehydes is 1. The molecule has 0 aliphatic heterocycles. The van der Waals surface area contributed by atoms with E-state index in [9.17, 15) is 4.79 Å². The Morgan fingerprint density at radius 1 is 1.50 bits per heavy atom. The van der Waals surface area contributed by atoms with E-state index in [4.69, 9.17) is 5.73 Å². The SMILES string of the molecule is CCCCC(CC=O)c1cc(Br)ccc1N. The van der Waals surface area contributed by atoms with E-state index in [-0.39, 0.29) is 5.92 Å². The number of benzene rings is 1. The average Bonchev–Trinajstić information content (AvgIpc) is 2.28. The second kappa shape index (κ2) is 6.69. The second-order valence-corrected chi connectivity index (χ2v) is 4.93. The summed E-state index contributed by atoms with van der Waals surface area (Å²) in [6, 6.07) is 5.85. The van der Waals surface area contributed by atoms with Crippen LogP contribution in [0.1, 0.15) is 44.1 Å². The van der Waals surface area contributed by atoms with Crippen LogP contribution in [0.2, 0.25) is 0 Å². The number of anilines is 1. The molecule has 0 bridgehead atoms. The van der Waals surface area contributed by atoms with Gasteiger partial charge in [-0.2, -0.15) is 0 Å². The number of carbonyl (C=O) groups is 1. The summed E-state index contributed by atoms with van der Waals surface area (Å²) < 4.78 is 1.02. The zero-order valence-corrected chi connectivity index (χ0v) is 11.2. The van der Waals surface area contributed by atoms with Crippen molar-refractivity contribution < 1.29 is 4.79 Å². The second-order valence-electron chi connectivity index (χ2n) is 4.01. The van der Waals surface area contributed by atoms with Gasteiger partial charge in [0, 0.05) is 16.6 Å². The molecule has 3 heteroatoms. The van der Waals surface area contributed by atoms with Crippen molar-refractivity contribution in [3.05, 3.63) is 28.2 Å². The summed E-state index contributed by atoms with van der Waals surface area (Å²) in [6.07, 6.45) is 4.84. The Kier molecular flexibility index (Phi) is 5.53. The predicted molar refractivity (Wildman–Crippen MR) is 71.5 cm³/mol. The van der Waals surface area contributed by atoms with E-state index in [0.717, 1.165) is 41.3 Å². The quantitative estimate of drug-likeness (QED) is 0.636. The number of nitrogen functional groups attached to an aromatic ring is 1. The van der Waals surface area contributed by atoms with Crippen molar-refractivity contribution >= 4 is 27.9 Å². The molecule has 1 atom stereocenters. The van der Waals surface area contributed by atoms with Crippen LogP contribution in [0.4, 0.5) is 5.69 Å². The van der Waals surface area contributed by atoms with Crippen LogP contribution < -0.4 is 5.73 Å². The summed E-state index contributed by atoms with van der Waals surface area (Å²) >= 11 is 3.44. The highest BCUT2D eigenvalue weighted by atomic mass is 79.9. The summed E-state index contributed by atoms with van der Waals surface area (Å²) in [4.78, 5) is 10.7. The van der Waals surface area contributed by atoms with E-state index in [1.807, 2.05) is 18.2 Å². The number of halogens is 1. The summed E-state index contributed by atoms with van der Waals surface area (Å²) in [5, 5.41) is 0. The first-order chi connectivity index (χ1) is 7.69. The fraction of sp³-hybridized carbons (Fsp3) is 0.462. The van der Waals surface area contributed by atoms with Gasteiger partial charge in [-0.1, -0.05) is 35.7 Å². The first-order valence-electron chi connectivity index (χ1n) is 5.67. The van der Waals surface area contributed by atoms with Crippen LogP contribution in [0.15, 0.2) is 22.7 Å². The first kappa shape index (κ1) is 13.2. The van der Waals surface area contributed by atoms with Gasteiger partial charge in [0.25, 0.3) is 0 Å². The fourth-order valence-electron chi connectivity index (χ4n) is 1.87. The minimum atomic E-state index is 0.259. The molecule has 2 N–H and O–H groups in total. The molecular formula is C13H18BrNO. The molecule has 1 aromatic rings. The minimum absolute atomic E-state index is 0.259. The average molecular weight is 284 g/mol. The van der Waals surface area contributed by atoms with Crippen molar-refractivity contribution in [3.63, 3.8) is 0 Å². The van der Waals surface area contributed by atoms with Crippen LogP contribution in [0.25, 0.3) is 0 Å². The number of nitrogens with two attached hydrogens (primary N) is 1. The third-order valence-corrected chi connectivity index (χ3v) is 3.27. The molecule has 0 fully saturated rings. The lowest BCUT2D eigenvalue weighted by atomic mass is 9.90. The van der Waals surface area contributed by atoms with Crippen LogP contribution >= 0.6 is 15.9 Å². The molecule has 1 rings (SSSR count). The Bertz CT molecular complexity index is 352. The lowest BCUT2D eigenvalue weighted by Crippen LogP contribution is -2.04.